The summed E-state index contributed by atoms with van der Waals surface area (Å²) in [4.78, 5) is 12.7. The molecule has 2 aromatic carbocycles. The van der Waals surface area contributed by atoms with E-state index in [1.807, 2.05) is 47.5 Å². The highest BCUT2D eigenvalue weighted by molar-refractivity contribution is 9.10. The molecule has 1 saturated heterocycles. The number of hydrazine groups is 1. The molecule has 1 unspecified atom stereocenters. The van der Waals surface area contributed by atoms with Crippen LogP contribution >= 0.6 is 15.9 Å². The van der Waals surface area contributed by atoms with Crippen LogP contribution < -0.4 is 0 Å². The van der Waals surface area contributed by atoms with Gasteiger partial charge in [-0.2, -0.15) is 0 Å². The second-order valence-corrected chi connectivity index (χ2v) is 6.22. The first-order valence-corrected chi connectivity index (χ1v) is 8.00. The van der Waals surface area contributed by atoms with Crippen molar-refractivity contribution in [2.24, 2.45) is 0 Å². The number of halogens is 1. The van der Waals surface area contributed by atoms with E-state index >= 15 is 0 Å². The third-order valence-corrected chi connectivity index (χ3v) is 4.27. The molecule has 0 bridgehead atoms. The maximum Gasteiger partial charge on any atom is 0.270 e. The molecule has 1 heterocycles. The van der Waals surface area contributed by atoms with Crippen LogP contribution in [0.4, 0.5) is 0 Å². The molecule has 1 N–H and O–H groups in total. The maximum atomic E-state index is 12.7. The summed E-state index contributed by atoms with van der Waals surface area (Å²) in [7, 11) is 0. The highest BCUT2D eigenvalue weighted by Gasteiger charge is 2.34. The zero-order valence-electron chi connectivity index (χ0n) is 12.0. The van der Waals surface area contributed by atoms with Crippen molar-refractivity contribution in [1.29, 1.82) is 0 Å². The summed E-state index contributed by atoms with van der Waals surface area (Å²) in [6, 6.07) is 17.1. The lowest BCUT2D eigenvalue weighted by Gasteiger charge is -2.30. The molecular weight excluding hydrogens is 344 g/mol. The minimum absolute atomic E-state index is 0.173. The van der Waals surface area contributed by atoms with Gasteiger partial charge in [-0.25, -0.2) is 10.0 Å². The van der Waals surface area contributed by atoms with E-state index in [1.165, 1.54) is 5.01 Å². The third kappa shape index (κ3) is 3.21. The molecular formula is C17H17BrN2O2. The molecule has 0 radical (unpaired) electrons. The monoisotopic (exact) mass is 360 g/mol. The Morgan fingerprint density at radius 2 is 1.82 bits per heavy atom. The van der Waals surface area contributed by atoms with Gasteiger partial charge in [-0.1, -0.05) is 46.3 Å². The van der Waals surface area contributed by atoms with Crippen molar-refractivity contribution in [3.63, 3.8) is 0 Å². The van der Waals surface area contributed by atoms with Crippen LogP contribution in [0.1, 0.15) is 22.3 Å². The molecule has 114 valence electrons. The zero-order valence-corrected chi connectivity index (χ0v) is 13.6. The first kappa shape index (κ1) is 15.2. The summed E-state index contributed by atoms with van der Waals surface area (Å²) < 4.78 is 0.923. The molecule has 1 atom stereocenters. The van der Waals surface area contributed by atoms with Gasteiger partial charge < -0.3 is 5.11 Å². The van der Waals surface area contributed by atoms with E-state index in [2.05, 4.69) is 15.9 Å². The van der Waals surface area contributed by atoms with E-state index in [9.17, 15) is 9.90 Å². The van der Waals surface area contributed by atoms with Gasteiger partial charge in [0.1, 0.15) is 6.23 Å². The Labute approximate surface area is 138 Å². The highest BCUT2D eigenvalue weighted by atomic mass is 79.9. The predicted molar refractivity (Wildman–Crippen MR) is 87.8 cm³/mol. The SMILES string of the molecule is O=C(c1ccc(Br)cc1)N1C(O)CCN1Cc1ccccc1. The number of carbonyl (C=O) groups is 1. The van der Waals surface area contributed by atoms with Gasteiger partial charge in [-0.3, -0.25) is 4.79 Å². The van der Waals surface area contributed by atoms with Gasteiger partial charge in [0, 0.05) is 29.5 Å². The van der Waals surface area contributed by atoms with E-state index in [-0.39, 0.29) is 5.91 Å². The highest BCUT2D eigenvalue weighted by Crippen LogP contribution is 2.22. The van der Waals surface area contributed by atoms with Gasteiger partial charge in [-0.15, -0.1) is 0 Å². The lowest BCUT2D eigenvalue weighted by atomic mass is 10.2. The van der Waals surface area contributed by atoms with Gasteiger partial charge in [0.15, 0.2) is 0 Å². The lowest BCUT2D eigenvalue weighted by Crippen LogP contribution is -2.45. The van der Waals surface area contributed by atoms with Crippen molar-refractivity contribution >= 4 is 21.8 Å². The average Bonchev–Trinajstić information content (AvgIpc) is 2.89. The number of hydrogen-bond donors (Lipinski definition) is 1. The van der Waals surface area contributed by atoms with Crippen molar-refractivity contribution in [2.45, 2.75) is 19.2 Å². The summed E-state index contributed by atoms with van der Waals surface area (Å²) in [5.41, 5.74) is 1.69. The smallest absolute Gasteiger partial charge is 0.270 e. The molecule has 3 rings (SSSR count). The van der Waals surface area contributed by atoms with Crippen molar-refractivity contribution in [3.8, 4) is 0 Å². The largest absolute Gasteiger partial charge is 0.372 e. The van der Waals surface area contributed by atoms with Gasteiger partial charge in [0.2, 0.25) is 0 Å². The van der Waals surface area contributed by atoms with Crippen molar-refractivity contribution in [2.75, 3.05) is 6.54 Å². The number of aliphatic hydroxyl groups excluding tert-OH is 1. The van der Waals surface area contributed by atoms with E-state index in [0.29, 0.717) is 25.1 Å². The van der Waals surface area contributed by atoms with Crippen molar-refractivity contribution in [3.05, 3.63) is 70.2 Å². The second-order valence-electron chi connectivity index (χ2n) is 5.30. The molecule has 1 amide bonds. The van der Waals surface area contributed by atoms with Crippen molar-refractivity contribution < 1.29 is 9.90 Å². The number of aliphatic hydroxyl groups is 1. The summed E-state index contributed by atoms with van der Waals surface area (Å²) >= 11 is 3.36. The zero-order chi connectivity index (χ0) is 15.5. The fourth-order valence-corrected chi connectivity index (χ4v) is 2.89. The Morgan fingerprint density at radius 3 is 2.50 bits per heavy atom. The van der Waals surface area contributed by atoms with Gasteiger partial charge in [-0.05, 0) is 29.8 Å². The standard InChI is InChI=1S/C17H17BrN2O2/c18-15-8-6-14(7-9-15)17(22)20-16(21)10-11-19(20)12-13-4-2-1-3-5-13/h1-9,16,21H,10-12H2. The third-order valence-electron chi connectivity index (χ3n) is 3.74. The molecule has 0 saturated carbocycles. The Kier molecular flexibility index (Phi) is 4.57. The Balaban J connectivity index is 1.80. The number of amides is 1. The summed E-state index contributed by atoms with van der Waals surface area (Å²) in [5.74, 6) is -0.173. The first-order chi connectivity index (χ1) is 10.6. The van der Waals surface area contributed by atoms with Crippen molar-refractivity contribution in [1.82, 2.24) is 10.0 Å². The van der Waals surface area contributed by atoms with Crippen LogP contribution in [0.25, 0.3) is 0 Å². The molecule has 1 aliphatic rings. The van der Waals surface area contributed by atoms with Crippen LogP contribution in [0.5, 0.6) is 0 Å². The molecule has 2 aromatic rings. The number of rotatable bonds is 3. The summed E-state index contributed by atoms with van der Waals surface area (Å²) in [6.07, 6.45) is -0.199. The minimum Gasteiger partial charge on any atom is -0.372 e. The molecule has 22 heavy (non-hydrogen) atoms. The van der Waals surface area contributed by atoms with E-state index in [4.69, 9.17) is 0 Å². The van der Waals surface area contributed by atoms with Crippen LogP contribution in [0, 0.1) is 0 Å². The van der Waals surface area contributed by atoms with Crippen LogP contribution in [0.2, 0.25) is 0 Å². The Morgan fingerprint density at radius 1 is 1.14 bits per heavy atom. The summed E-state index contributed by atoms with van der Waals surface area (Å²) in [6.45, 7) is 1.28. The fraction of sp³-hybridized carbons (Fsp3) is 0.235. The van der Waals surface area contributed by atoms with Crippen LogP contribution in [-0.2, 0) is 6.54 Å². The molecule has 5 heteroatoms. The lowest BCUT2D eigenvalue weighted by molar-refractivity contribution is -0.0599. The number of benzene rings is 2. The van der Waals surface area contributed by atoms with Gasteiger partial charge >= 0.3 is 0 Å². The van der Waals surface area contributed by atoms with Crippen LogP contribution in [0.3, 0.4) is 0 Å². The predicted octanol–water partition coefficient (Wildman–Crippen LogP) is 3.03. The van der Waals surface area contributed by atoms with Crippen LogP contribution in [0.15, 0.2) is 59.1 Å². The number of nitrogens with zero attached hydrogens (tertiary/aromatic N) is 2. The number of hydrogen-bond acceptors (Lipinski definition) is 3. The van der Waals surface area contributed by atoms with E-state index in [1.54, 1.807) is 12.1 Å². The molecule has 0 spiro atoms. The maximum absolute atomic E-state index is 12.7. The summed E-state index contributed by atoms with van der Waals surface area (Å²) in [5, 5.41) is 13.6. The normalized spacial score (nSPS) is 18.6. The van der Waals surface area contributed by atoms with Gasteiger partial charge in [0.25, 0.3) is 5.91 Å². The molecule has 0 aromatic heterocycles. The molecule has 0 aliphatic carbocycles. The average molecular weight is 361 g/mol. The van der Waals surface area contributed by atoms with Gasteiger partial charge in [0.05, 0.1) is 0 Å². The van der Waals surface area contributed by atoms with E-state index in [0.717, 1.165) is 10.0 Å². The molecule has 1 fully saturated rings. The van der Waals surface area contributed by atoms with E-state index < -0.39 is 6.23 Å². The first-order valence-electron chi connectivity index (χ1n) is 7.21. The second kappa shape index (κ2) is 6.60. The minimum atomic E-state index is -0.764. The Hall–Kier alpha value is -1.69. The Bertz CT molecular complexity index is 645. The topological polar surface area (TPSA) is 43.8 Å². The quantitative estimate of drug-likeness (QED) is 0.914. The number of carbonyl (C=O) groups excluding carboxylic acids is 1. The van der Waals surface area contributed by atoms with Crippen LogP contribution in [-0.4, -0.2) is 33.8 Å². The fourth-order valence-electron chi connectivity index (χ4n) is 2.62. The molecule has 4 nitrogen and oxygen atoms in total. The molecule has 1 aliphatic heterocycles.